The first-order valence-corrected chi connectivity index (χ1v) is 12.4. The highest BCUT2D eigenvalue weighted by molar-refractivity contribution is 6.23. The van der Waals surface area contributed by atoms with Crippen molar-refractivity contribution in [2.75, 3.05) is 16.3 Å². The number of nitrogens with zero attached hydrogens (tertiary/aromatic N) is 2. The standard InChI is InChI=1S/C28H28N2O5/c1-15-3-7-20(8-4-15)29-14-19(13-23(29)31)28(34)35-21-9-10-22(16(2)11-21)30-26(32)24-17-5-6-18(12-17)25(24)27(30)33/h3-4,7-11,17-19,24-25H,5-6,12-14H2,1-2H3/t17-,18-,19+,24-,25+/m0/s1. The van der Waals surface area contributed by atoms with Crippen LogP contribution in [0.4, 0.5) is 11.4 Å². The first kappa shape index (κ1) is 22.0. The van der Waals surface area contributed by atoms with Gasteiger partial charge in [-0.2, -0.15) is 0 Å². The molecule has 4 fully saturated rings. The Morgan fingerprint density at radius 2 is 1.57 bits per heavy atom. The van der Waals surface area contributed by atoms with Gasteiger partial charge in [0.1, 0.15) is 5.75 Å². The van der Waals surface area contributed by atoms with E-state index in [4.69, 9.17) is 4.74 Å². The lowest BCUT2D eigenvalue weighted by atomic mass is 9.81. The Hall–Kier alpha value is -3.48. The van der Waals surface area contributed by atoms with Gasteiger partial charge < -0.3 is 9.64 Å². The smallest absolute Gasteiger partial charge is 0.316 e. The van der Waals surface area contributed by atoms with Crippen molar-refractivity contribution >= 4 is 35.1 Å². The molecule has 7 heteroatoms. The number of benzene rings is 2. The summed E-state index contributed by atoms with van der Waals surface area (Å²) in [6.45, 7) is 4.07. The number of hydrogen-bond acceptors (Lipinski definition) is 5. The summed E-state index contributed by atoms with van der Waals surface area (Å²) in [5, 5.41) is 0. The summed E-state index contributed by atoms with van der Waals surface area (Å²) in [7, 11) is 0. The van der Waals surface area contributed by atoms with Gasteiger partial charge in [-0.1, -0.05) is 17.7 Å². The van der Waals surface area contributed by atoms with E-state index in [-0.39, 0.29) is 42.5 Å². The molecule has 180 valence electrons. The fourth-order valence-electron chi connectivity index (χ4n) is 6.63. The largest absolute Gasteiger partial charge is 0.426 e. The minimum atomic E-state index is -0.555. The number of esters is 1. The Bertz CT molecular complexity index is 1220. The summed E-state index contributed by atoms with van der Waals surface area (Å²) in [4.78, 5) is 54.6. The van der Waals surface area contributed by atoms with Crippen LogP contribution in [0.5, 0.6) is 5.75 Å². The van der Waals surface area contributed by atoms with Crippen LogP contribution >= 0.6 is 0 Å². The van der Waals surface area contributed by atoms with Gasteiger partial charge in [0, 0.05) is 18.7 Å². The first-order valence-electron chi connectivity index (χ1n) is 12.4. The molecule has 35 heavy (non-hydrogen) atoms. The van der Waals surface area contributed by atoms with Crippen molar-refractivity contribution in [3.05, 3.63) is 53.6 Å². The molecule has 0 spiro atoms. The van der Waals surface area contributed by atoms with Gasteiger partial charge in [0.2, 0.25) is 17.7 Å². The molecule has 4 aliphatic rings. The number of aryl methyl sites for hydroxylation is 2. The van der Waals surface area contributed by atoms with Crippen molar-refractivity contribution in [3.8, 4) is 5.75 Å². The van der Waals surface area contributed by atoms with Gasteiger partial charge in [0.05, 0.1) is 23.4 Å². The van der Waals surface area contributed by atoms with Crippen LogP contribution in [-0.4, -0.2) is 30.2 Å². The second kappa shape index (κ2) is 8.04. The molecule has 2 saturated heterocycles. The normalized spacial score (nSPS) is 29.3. The van der Waals surface area contributed by atoms with Crippen molar-refractivity contribution in [2.24, 2.45) is 29.6 Å². The second-order valence-electron chi connectivity index (χ2n) is 10.5. The lowest BCUT2D eigenvalue weighted by molar-refractivity contribution is -0.139. The molecule has 0 N–H and O–H groups in total. The van der Waals surface area contributed by atoms with E-state index in [0.717, 1.165) is 30.5 Å². The molecule has 7 nitrogen and oxygen atoms in total. The average molecular weight is 473 g/mol. The van der Waals surface area contributed by atoms with Crippen LogP contribution < -0.4 is 14.5 Å². The highest BCUT2D eigenvalue weighted by Crippen LogP contribution is 2.56. The molecule has 6 rings (SSSR count). The minimum Gasteiger partial charge on any atom is -0.426 e. The summed E-state index contributed by atoms with van der Waals surface area (Å²) in [5.41, 5.74) is 3.14. The quantitative estimate of drug-likeness (QED) is 0.384. The fourth-order valence-corrected chi connectivity index (χ4v) is 6.63. The molecule has 5 atom stereocenters. The van der Waals surface area contributed by atoms with E-state index in [9.17, 15) is 19.2 Å². The SMILES string of the molecule is Cc1ccc(N2C[C@H](C(=O)Oc3ccc(N4C(=O)[C@@H]5[C@H]6CC[C@@H](C6)[C@@H]5C4=O)c(C)c3)CC2=O)cc1. The fraction of sp³-hybridized carbons (Fsp3) is 0.429. The van der Waals surface area contributed by atoms with Crippen molar-refractivity contribution in [1.82, 2.24) is 0 Å². The number of amides is 3. The molecule has 2 aliphatic carbocycles. The number of anilines is 2. The van der Waals surface area contributed by atoms with Crippen LogP contribution in [0.3, 0.4) is 0 Å². The van der Waals surface area contributed by atoms with E-state index in [1.165, 1.54) is 4.90 Å². The van der Waals surface area contributed by atoms with Gasteiger partial charge in [-0.15, -0.1) is 0 Å². The van der Waals surface area contributed by atoms with Crippen molar-refractivity contribution in [3.63, 3.8) is 0 Å². The number of carbonyl (C=O) groups excluding carboxylic acids is 4. The Balaban J connectivity index is 1.15. The van der Waals surface area contributed by atoms with Crippen LogP contribution in [0.15, 0.2) is 42.5 Å². The van der Waals surface area contributed by atoms with Crippen molar-refractivity contribution in [1.29, 1.82) is 0 Å². The highest BCUT2D eigenvalue weighted by atomic mass is 16.5. The Morgan fingerprint density at radius 3 is 2.20 bits per heavy atom. The zero-order valence-electron chi connectivity index (χ0n) is 19.9. The lowest BCUT2D eigenvalue weighted by Gasteiger charge is -2.20. The first-order chi connectivity index (χ1) is 16.8. The third kappa shape index (κ3) is 3.48. The number of hydrogen-bond donors (Lipinski definition) is 0. The molecule has 2 saturated carbocycles. The molecule has 2 aromatic rings. The highest BCUT2D eigenvalue weighted by Gasteiger charge is 2.61. The van der Waals surface area contributed by atoms with Crippen molar-refractivity contribution < 1.29 is 23.9 Å². The van der Waals surface area contributed by atoms with Gasteiger partial charge in [0.15, 0.2) is 0 Å². The molecule has 2 bridgehead atoms. The monoisotopic (exact) mass is 472 g/mol. The van der Waals surface area contributed by atoms with Crippen LogP contribution in [0.1, 0.15) is 36.8 Å². The zero-order chi connectivity index (χ0) is 24.4. The molecular formula is C28H28N2O5. The number of ether oxygens (including phenoxy) is 1. The van der Waals surface area contributed by atoms with Crippen LogP contribution in [0, 0.1) is 43.4 Å². The molecular weight excluding hydrogens is 444 g/mol. The van der Waals surface area contributed by atoms with Gasteiger partial charge in [-0.05, 0) is 80.8 Å². The number of rotatable bonds is 4. The Kier molecular flexibility index (Phi) is 5.06. The van der Waals surface area contributed by atoms with Gasteiger partial charge >= 0.3 is 5.97 Å². The average Bonchev–Trinajstić information content (AvgIpc) is 3.59. The van der Waals surface area contributed by atoms with E-state index in [2.05, 4.69) is 0 Å². The van der Waals surface area contributed by atoms with E-state index in [1.54, 1.807) is 23.1 Å². The van der Waals surface area contributed by atoms with Gasteiger partial charge in [0.25, 0.3) is 0 Å². The summed E-state index contributed by atoms with van der Waals surface area (Å²) >= 11 is 0. The second-order valence-corrected chi connectivity index (χ2v) is 10.5. The van der Waals surface area contributed by atoms with E-state index in [1.807, 2.05) is 38.1 Å². The molecule has 2 heterocycles. The maximum Gasteiger partial charge on any atom is 0.316 e. The summed E-state index contributed by atoms with van der Waals surface area (Å²) in [6, 6.07) is 12.6. The zero-order valence-corrected chi connectivity index (χ0v) is 19.9. The molecule has 2 aliphatic heterocycles. The van der Waals surface area contributed by atoms with E-state index < -0.39 is 11.9 Å². The number of fused-ring (bicyclic) bond motifs is 5. The molecule has 0 unspecified atom stereocenters. The molecule has 0 aromatic heterocycles. The van der Waals surface area contributed by atoms with Gasteiger partial charge in [-0.3, -0.25) is 19.2 Å². The van der Waals surface area contributed by atoms with E-state index >= 15 is 0 Å². The maximum absolute atomic E-state index is 13.2. The van der Waals surface area contributed by atoms with Crippen LogP contribution in [-0.2, 0) is 19.2 Å². The summed E-state index contributed by atoms with van der Waals surface area (Å²) in [5.74, 6) is -0.615. The van der Waals surface area contributed by atoms with Gasteiger partial charge in [-0.25, -0.2) is 4.90 Å². The Labute approximate surface area is 204 Å². The van der Waals surface area contributed by atoms with E-state index in [0.29, 0.717) is 28.8 Å². The van der Waals surface area contributed by atoms with Crippen molar-refractivity contribution in [2.45, 2.75) is 39.5 Å². The van der Waals surface area contributed by atoms with Crippen LogP contribution in [0.2, 0.25) is 0 Å². The van der Waals surface area contributed by atoms with Crippen LogP contribution in [0.25, 0.3) is 0 Å². The topological polar surface area (TPSA) is 84.0 Å². The molecule has 3 amide bonds. The molecule has 0 radical (unpaired) electrons. The summed E-state index contributed by atoms with van der Waals surface area (Å²) < 4.78 is 5.61. The molecule has 2 aromatic carbocycles. The third-order valence-electron chi connectivity index (χ3n) is 8.36. The number of carbonyl (C=O) groups is 4. The lowest BCUT2D eigenvalue weighted by Crippen LogP contribution is -2.33. The summed E-state index contributed by atoms with van der Waals surface area (Å²) in [6.07, 6.45) is 3.18. The Morgan fingerprint density at radius 1 is 0.914 bits per heavy atom. The number of imide groups is 1. The predicted molar refractivity (Wildman–Crippen MR) is 129 cm³/mol. The maximum atomic E-state index is 13.2. The minimum absolute atomic E-state index is 0.0827. The third-order valence-corrected chi connectivity index (χ3v) is 8.36. The predicted octanol–water partition coefficient (Wildman–Crippen LogP) is 3.80.